The van der Waals surface area contributed by atoms with E-state index in [2.05, 4.69) is 15.8 Å². The van der Waals surface area contributed by atoms with Crippen LogP contribution >= 0.6 is 11.3 Å². The Hall–Kier alpha value is -2.08. The standard InChI is InChI=1S/C14H17N3O2S/c1-14(2,3)19-13(18)17-16-12-15-11(9-20-12)10-7-5-4-6-8-10/h4-9H,1-3H3,(H,15,16)(H,17,18). The average molecular weight is 291 g/mol. The molecule has 1 aromatic carbocycles. The van der Waals surface area contributed by atoms with Crippen LogP contribution in [0.3, 0.4) is 0 Å². The van der Waals surface area contributed by atoms with E-state index in [1.807, 2.05) is 56.5 Å². The number of aromatic nitrogens is 1. The van der Waals surface area contributed by atoms with Gasteiger partial charge < -0.3 is 4.74 Å². The summed E-state index contributed by atoms with van der Waals surface area (Å²) < 4.78 is 5.12. The predicted octanol–water partition coefficient (Wildman–Crippen LogP) is 3.66. The molecular weight excluding hydrogens is 274 g/mol. The Morgan fingerprint density at radius 3 is 2.60 bits per heavy atom. The van der Waals surface area contributed by atoms with Crippen molar-refractivity contribution in [3.8, 4) is 11.3 Å². The van der Waals surface area contributed by atoms with Crippen molar-refractivity contribution in [2.24, 2.45) is 0 Å². The molecule has 1 aromatic heterocycles. The third-order valence-corrected chi connectivity index (χ3v) is 3.00. The van der Waals surface area contributed by atoms with Gasteiger partial charge in [-0.15, -0.1) is 11.3 Å². The molecule has 2 N–H and O–H groups in total. The van der Waals surface area contributed by atoms with Gasteiger partial charge in [0.05, 0.1) is 5.69 Å². The number of amides is 1. The molecule has 0 radical (unpaired) electrons. The fourth-order valence-electron chi connectivity index (χ4n) is 1.48. The highest BCUT2D eigenvalue weighted by Gasteiger charge is 2.16. The van der Waals surface area contributed by atoms with Crippen LogP contribution in [0.1, 0.15) is 20.8 Å². The molecule has 0 spiro atoms. The van der Waals surface area contributed by atoms with Crippen LogP contribution in [0.4, 0.5) is 9.93 Å². The Morgan fingerprint density at radius 2 is 1.95 bits per heavy atom. The third-order valence-electron chi connectivity index (χ3n) is 2.24. The van der Waals surface area contributed by atoms with E-state index in [0.29, 0.717) is 5.13 Å². The number of nitrogens with zero attached hydrogens (tertiary/aromatic N) is 1. The molecular formula is C14H17N3O2S. The lowest BCUT2D eigenvalue weighted by atomic mass is 10.2. The number of carbonyl (C=O) groups excluding carboxylic acids is 1. The van der Waals surface area contributed by atoms with Crippen LogP contribution in [-0.4, -0.2) is 16.7 Å². The van der Waals surface area contributed by atoms with Crippen LogP contribution < -0.4 is 10.9 Å². The summed E-state index contributed by atoms with van der Waals surface area (Å²) in [5, 5.41) is 2.53. The number of carbonyl (C=O) groups is 1. The topological polar surface area (TPSA) is 63.2 Å². The SMILES string of the molecule is CC(C)(C)OC(=O)NNc1nc(-c2ccccc2)cs1. The first-order valence-electron chi connectivity index (χ1n) is 6.20. The molecule has 2 rings (SSSR count). The molecule has 0 unspecified atom stereocenters. The lowest BCUT2D eigenvalue weighted by Crippen LogP contribution is -2.35. The van der Waals surface area contributed by atoms with Gasteiger partial charge in [0.1, 0.15) is 5.60 Å². The number of anilines is 1. The molecule has 0 saturated heterocycles. The van der Waals surface area contributed by atoms with Crippen LogP contribution in [0.15, 0.2) is 35.7 Å². The molecule has 2 aromatic rings. The second-order valence-electron chi connectivity index (χ2n) is 5.16. The van der Waals surface area contributed by atoms with Crippen LogP contribution in [0.2, 0.25) is 0 Å². The van der Waals surface area contributed by atoms with Crippen molar-refractivity contribution in [2.75, 3.05) is 5.43 Å². The Morgan fingerprint density at radius 1 is 1.25 bits per heavy atom. The van der Waals surface area contributed by atoms with Crippen molar-refractivity contribution in [3.63, 3.8) is 0 Å². The van der Waals surface area contributed by atoms with Crippen molar-refractivity contribution in [1.82, 2.24) is 10.4 Å². The lowest BCUT2D eigenvalue weighted by Gasteiger charge is -2.19. The molecule has 106 valence electrons. The summed E-state index contributed by atoms with van der Waals surface area (Å²) in [6, 6.07) is 9.85. The maximum atomic E-state index is 11.5. The molecule has 6 heteroatoms. The van der Waals surface area contributed by atoms with E-state index < -0.39 is 11.7 Å². The molecule has 1 amide bonds. The Labute approximate surface area is 122 Å². The van der Waals surface area contributed by atoms with Crippen LogP contribution in [0.5, 0.6) is 0 Å². The zero-order chi connectivity index (χ0) is 14.6. The smallest absolute Gasteiger partial charge is 0.426 e. The number of rotatable bonds is 3. The van der Waals surface area contributed by atoms with Gasteiger partial charge in [0.25, 0.3) is 0 Å². The van der Waals surface area contributed by atoms with Gasteiger partial charge in [0.15, 0.2) is 0 Å². The number of hydrogen-bond donors (Lipinski definition) is 2. The molecule has 20 heavy (non-hydrogen) atoms. The van der Waals surface area contributed by atoms with Gasteiger partial charge in [-0.05, 0) is 20.8 Å². The number of hydrazine groups is 1. The third kappa shape index (κ3) is 4.24. The van der Waals surface area contributed by atoms with Crippen molar-refractivity contribution in [3.05, 3.63) is 35.7 Å². The van der Waals surface area contributed by atoms with Crippen LogP contribution in [0, 0.1) is 0 Å². The highest BCUT2D eigenvalue weighted by atomic mass is 32.1. The minimum atomic E-state index is -0.533. The summed E-state index contributed by atoms with van der Waals surface area (Å²) in [6.07, 6.45) is -0.533. The quantitative estimate of drug-likeness (QED) is 0.847. The van der Waals surface area contributed by atoms with Crippen molar-refractivity contribution >= 4 is 22.6 Å². The lowest BCUT2D eigenvalue weighted by molar-refractivity contribution is 0.0541. The number of thiazole rings is 1. The largest absolute Gasteiger partial charge is 0.443 e. The molecule has 5 nitrogen and oxygen atoms in total. The van der Waals surface area contributed by atoms with E-state index in [-0.39, 0.29) is 0 Å². The fraction of sp³-hybridized carbons (Fsp3) is 0.286. The zero-order valence-corrected chi connectivity index (χ0v) is 12.5. The zero-order valence-electron chi connectivity index (χ0n) is 11.6. The molecule has 0 aliphatic heterocycles. The summed E-state index contributed by atoms with van der Waals surface area (Å²) in [5.41, 5.74) is 6.57. The van der Waals surface area contributed by atoms with Gasteiger partial charge in [-0.25, -0.2) is 15.2 Å². The maximum absolute atomic E-state index is 11.5. The number of ether oxygens (including phenoxy) is 1. The van der Waals surface area contributed by atoms with E-state index in [0.717, 1.165) is 11.3 Å². The average Bonchev–Trinajstić information content (AvgIpc) is 2.84. The Bertz CT molecular complexity index is 576. The van der Waals surface area contributed by atoms with Crippen LogP contribution in [-0.2, 0) is 4.74 Å². The summed E-state index contributed by atoms with van der Waals surface area (Å²) >= 11 is 1.41. The van der Waals surface area contributed by atoms with Gasteiger partial charge in [-0.1, -0.05) is 30.3 Å². The molecule has 0 fully saturated rings. The van der Waals surface area contributed by atoms with E-state index in [1.165, 1.54) is 11.3 Å². The van der Waals surface area contributed by atoms with Crippen molar-refractivity contribution < 1.29 is 9.53 Å². The number of nitrogens with one attached hydrogen (secondary N) is 2. The highest BCUT2D eigenvalue weighted by Crippen LogP contribution is 2.24. The molecule has 0 saturated carbocycles. The molecule has 1 heterocycles. The first-order valence-corrected chi connectivity index (χ1v) is 7.08. The molecule has 0 aliphatic carbocycles. The van der Waals surface area contributed by atoms with Gasteiger partial charge in [-0.2, -0.15) is 0 Å². The predicted molar refractivity (Wildman–Crippen MR) is 80.5 cm³/mol. The molecule has 0 aliphatic rings. The fourth-order valence-corrected chi connectivity index (χ4v) is 2.15. The summed E-state index contributed by atoms with van der Waals surface area (Å²) in [5.74, 6) is 0. The van der Waals surface area contributed by atoms with E-state index in [1.54, 1.807) is 0 Å². The summed E-state index contributed by atoms with van der Waals surface area (Å²) in [7, 11) is 0. The minimum absolute atomic E-state index is 0.524. The van der Waals surface area contributed by atoms with Gasteiger partial charge in [0.2, 0.25) is 5.13 Å². The second kappa shape index (κ2) is 5.92. The van der Waals surface area contributed by atoms with Gasteiger partial charge >= 0.3 is 6.09 Å². The number of benzene rings is 1. The Kier molecular flexibility index (Phi) is 4.24. The highest BCUT2D eigenvalue weighted by molar-refractivity contribution is 7.14. The van der Waals surface area contributed by atoms with Gasteiger partial charge in [0, 0.05) is 10.9 Å². The maximum Gasteiger partial charge on any atom is 0.426 e. The monoisotopic (exact) mass is 291 g/mol. The Balaban J connectivity index is 1.92. The summed E-state index contributed by atoms with van der Waals surface area (Å²) in [4.78, 5) is 15.9. The van der Waals surface area contributed by atoms with E-state index in [4.69, 9.17) is 4.74 Å². The number of hydrogen-bond acceptors (Lipinski definition) is 5. The van der Waals surface area contributed by atoms with E-state index >= 15 is 0 Å². The van der Waals surface area contributed by atoms with Gasteiger partial charge in [-0.3, -0.25) is 5.43 Å². The minimum Gasteiger partial charge on any atom is -0.443 e. The first kappa shape index (κ1) is 14.3. The normalized spacial score (nSPS) is 10.9. The summed E-state index contributed by atoms with van der Waals surface area (Å²) in [6.45, 7) is 5.43. The first-order chi connectivity index (χ1) is 9.44. The second-order valence-corrected chi connectivity index (χ2v) is 6.01. The van der Waals surface area contributed by atoms with E-state index in [9.17, 15) is 4.79 Å². The molecule has 0 bridgehead atoms. The molecule has 0 atom stereocenters. The van der Waals surface area contributed by atoms with Crippen molar-refractivity contribution in [2.45, 2.75) is 26.4 Å². The van der Waals surface area contributed by atoms with Crippen molar-refractivity contribution in [1.29, 1.82) is 0 Å². The van der Waals surface area contributed by atoms with Crippen LogP contribution in [0.25, 0.3) is 11.3 Å².